The van der Waals surface area contributed by atoms with Gasteiger partial charge in [0.05, 0.1) is 0 Å². The lowest BCUT2D eigenvalue weighted by molar-refractivity contribution is 0.609. The molecule has 0 aromatic heterocycles. The average molecular weight is 286 g/mol. The molecular formula is C12H16BrNS. The Labute approximate surface area is 104 Å². The molecule has 1 fully saturated rings. The van der Waals surface area contributed by atoms with E-state index in [9.17, 15) is 0 Å². The van der Waals surface area contributed by atoms with Crippen molar-refractivity contribution in [2.24, 2.45) is 5.73 Å². The average Bonchev–Trinajstić information content (AvgIpc) is 2.94. The summed E-state index contributed by atoms with van der Waals surface area (Å²) in [5, 5.41) is 0. The van der Waals surface area contributed by atoms with E-state index in [-0.39, 0.29) is 5.54 Å². The van der Waals surface area contributed by atoms with Crippen LogP contribution in [0.1, 0.15) is 24.8 Å². The molecule has 0 atom stereocenters. The molecule has 1 nitrogen and oxygen atoms in total. The first-order chi connectivity index (χ1) is 7.11. The first-order valence-corrected chi connectivity index (χ1v) is 7.25. The fraction of sp³-hybridized carbons (Fsp3) is 0.500. The van der Waals surface area contributed by atoms with Crippen molar-refractivity contribution in [2.75, 3.05) is 6.26 Å². The molecule has 2 N–H and O–H groups in total. The number of hydrogen-bond donors (Lipinski definition) is 1. The summed E-state index contributed by atoms with van der Waals surface area (Å²) in [4.78, 5) is 1.32. The van der Waals surface area contributed by atoms with E-state index in [1.165, 1.54) is 27.8 Å². The Kier molecular flexibility index (Phi) is 3.43. The predicted molar refractivity (Wildman–Crippen MR) is 70.4 cm³/mol. The van der Waals surface area contributed by atoms with E-state index in [4.69, 9.17) is 5.73 Å². The molecule has 0 heterocycles. The summed E-state index contributed by atoms with van der Waals surface area (Å²) in [5.41, 5.74) is 7.65. The molecule has 1 saturated carbocycles. The highest BCUT2D eigenvalue weighted by Gasteiger charge is 2.37. The molecule has 1 aromatic carbocycles. The van der Waals surface area contributed by atoms with Gasteiger partial charge in [-0.1, -0.05) is 15.9 Å². The van der Waals surface area contributed by atoms with E-state index >= 15 is 0 Å². The van der Waals surface area contributed by atoms with Crippen LogP contribution < -0.4 is 5.73 Å². The van der Waals surface area contributed by atoms with Gasteiger partial charge in [0, 0.05) is 14.9 Å². The topological polar surface area (TPSA) is 26.0 Å². The number of benzene rings is 1. The second-order valence-corrected chi connectivity index (χ2v) is 6.16. The van der Waals surface area contributed by atoms with E-state index in [1.54, 1.807) is 11.8 Å². The standard InChI is InChI=1S/C12H16BrNS/c1-15-11-7-9(6-10(13)8-11)2-3-12(14)4-5-12/h6-8H,2-5,14H2,1H3. The fourth-order valence-electron chi connectivity index (χ4n) is 1.69. The van der Waals surface area contributed by atoms with Gasteiger partial charge in [0.2, 0.25) is 0 Å². The van der Waals surface area contributed by atoms with Gasteiger partial charge in [-0.05, 0) is 55.7 Å². The van der Waals surface area contributed by atoms with Gasteiger partial charge in [-0.3, -0.25) is 0 Å². The Hall–Kier alpha value is 0.01000. The molecule has 0 radical (unpaired) electrons. The second-order valence-electron chi connectivity index (χ2n) is 4.36. The van der Waals surface area contributed by atoms with Crippen LogP contribution in [0, 0.1) is 0 Å². The van der Waals surface area contributed by atoms with Crippen LogP contribution in [0.4, 0.5) is 0 Å². The molecular weight excluding hydrogens is 270 g/mol. The van der Waals surface area contributed by atoms with Crippen LogP contribution in [0.2, 0.25) is 0 Å². The summed E-state index contributed by atoms with van der Waals surface area (Å²) < 4.78 is 1.17. The Morgan fingerprint density at radius 2 is 2.13 bits per heavy atom. The minimum absolute atomic E-state index is 0.168. The van der Waals surface area contributed by atoms with Gasteiger partial charge in [-0.2, -0.15) is 0 Å². The summed E-state index contributed by atoms with van der Waals surface area (Å²) in [6, 6.07) is 6.62. The Balaban J connectivity index is 2.03. The highest BCUT2D eigenvalue weighted by molar-refractivity contribution is 9.10. The van der Waals surface area contributed by atoms with Crippen molar-refractivity contribution in [3.63, 3.8) is 0 Å². The molecule has 1 aromatic rings. The van der Waals surface area contributed by atoms with Crippen molar-refractivity contribution < 1.29 is 0 Å². The summed E-state index contributed by atoms with van der Waals surface area (Å²) in [5.74, 6) is 0. The zero-order valence-corrected chi connectivity index (χ0v) is 11.3. The molecule has 0 spiro atoms. The van der Waals surface area contributed by atoms with Gasteiger partial charge < -0.3 is 5.73 Å². The summed E-state index contributed by atoms with van der Waals surface area (Å²) in [6.07, 6.45) is 6.74. The summed E-state index contributed by atoms with van der Waals surface area (Å²) >= 11 is 5.33. The van der Waals surface area contributed by atoms with Gasteiger partial charge in [0.1, 0.15) is 0 Å². The molecule has 3 heteroatoms. The maximum atomic E-state index is 6.09. The summed E-state index contributed by atoms with van der Waals surface area (Å²) in [6.45, 7) is 0. The van der Waals surface area contributed by atoms with E-state index < -0.39 is 0 Å². The monoisotopic (exact) mass is 285 g/mol. The van der Waals surface area contributed by atoms with Crippen LogP contribution in [0.15, 0.2) is 27.6 Å². The molecule has 82 valence electrons. The molecule has 0 saturated heterocycles. The zero-order valence-electron chi connectivity index (χ0n) is 8.92. The normalized spacial score (nSPS) is 17.8. The van der Waals surface area contributed by atoms with Crippen molar-refractivity contribution in [1.82, 2.24) is 0 Å². The Morgan fingerprint density at radius 1 is 1.40 bits per heavy atom. The molecule has 2 rings (SSSR count). The number of thioether (sulfide) groups is 1. The maximum absolute atomic E-state index is 6.09. The van der Waals surface area contributed by atoms with Crippen LogP contribution in [0.5, 0.6) is 0 Å². The van der Waals surface area contributed by atoms with Crippen LogP contribution in [0.25, 0.3) is 0 Å². The molecule has 15 heavy (non-hydrogen) atoms. The lowest BCUT2D eigenvalue weighted by atomic mass is 10.0. The second kappa shape index (κ2) is 4.48. The van der Waals surface area contributed by atoms with Gasteiger partial charge in [-0.25, -0.2) is 0 Å². The number of hydrogen-bond acceptors (Lipinski definition) is 2. The number of nitrogens with two attached hydrogens (primary N) is 1. The predicted octanol–water partition coefficient (Wildman–Crippen LogP) is 3.59. The Bertz CT molecular complexity index is 361. The smallest absolute Gasteiger partial charge is 0.0189 e. The third-order valence-corrected chi connectivity index (χ3v) is 4.14. The zero-order chi connectivity index (χ0) is 10.9. The van der Waals surface area contributed by atoms with Gasteiger partial charge in [0.25, 0.3) is 0 Å². The molecule has 1 aliphatic carbocycles. The van der Waals surface area contributed by atoms with Crippen molar-refractivity contribution in [2.45, 2.75) is 36.1 Å². The molecule has 0 aliphatic heterocycles. The minimum atomic E-state index is 0.168. The maximum Gasteiger partial charge on any atom is 0.0189 e. The number of rotatable bonds is 4. The minimum Gasteiger partial charge on any atom is -0.325 e. The quantitative estimate of drug-likeness (QED) is 0.856. The fourth-order valence-corrected chi connectivity index (χ4v) is 2.89. The van der Waals surface area contributed by atoms with E-state index in [0.29, 0.717) is 0 Å². The third kappa shape index (κ3) is 3.23. The van der Waals surface area contributed by atoms with Crippen LogP contribution >= 0.6 is 27.7 Å². The van der Waals surface area contributed by atoms with Crippen molar-refractivity contribution in [3.05, 3.63) is 28.2 Å². The number of halogens is 1. The molecule has 1 aliphatic rings. The van der Waals surface area contributed by atoms with Crippen LogP contribution in [-0.4, -0.2) is 11.8 Å². The first kappa shape index (κ1) is 11.5. The largest absolute Gasteiger partial charge is 0.325 e. The number of aryl methyl sites for hydroxylation is 1. The Morgan fingerprint density at radius 3 is 2.73 bits per heavy atom. The van der Waals surface area contributed by atoms with E-state index in [0.717, 1.165) is 12.8 Å². The van der Waals surface area contributed by atoms with Gasteiger partial charge >= 0.3 is 0 Å². The van der Waals surface area contributed by atoms with Gasteiger partial charge in [0.15, 0.2) is 0 Å². The van der Waals surface area contributed by atoms with E-state index in [1.807, 2.05) is 0 Å². The molecule has 0 amide bonds. The van der Waals surface area contributed by atoms with E-state index in [2.05, 4.69) is 40.4 Å². The SMILES string of the molecule is CSc1cc(Br)cc(CCC2(N)CC2)c1. The van der Waals surface area contributed by atoms with Crippen molar-refractivity contribution >= 4 is 27.7 Å². The lowest BCUT2D eigenvalue weighted by Gasteiger charge is -2.09. The molecule has 0 unspecified atom stereocenters. The third-order valence-electron chi connectivity index (χ3n) is 2.97. The van der Waals surface area contributed by atoms with Gasteiger partial charge in [-0.15, -0.1) is 11.8 Å². The highest BCUT2D eigenvalue weighted by atomic mass is 79.9. The van der Waals surface area contributed by atoms with Crippen LogP contribution in [0.3, 0.4) is 0 Å². The van der Waals surface area contributed by atoms with Crippen molar-refractivity contribution in [3.8, 4) is 0 Å². The lowest BCUT2D eigenvalue weighted by Crippen LogP contribution is -2.22. The first-order valence-electron chi connectivity index (χ1n) is 5.24. The highest BCUT2D eigenvalue weighted by Crippen LogP contribution is 2.37. The molecule has 0 bridgehead atoms. The van der Waals surface area contributed by atoms with Crippen LogP contribution in [-0.2, 0) is 6.42 Å². The van der Waals surface area contributed by atoms with Crippen molar-refractivity contribution in [1.29, 1.82) is 0 Å². The summed E-state index contributed by atoms with van der Waals surface area (Å²) in [7, 11) is 0.